The van der Waals surface area contributed by atoms with Crippen LogP contribution in [-0.2, 0) is 4.79 Å². The average molecular weight is 332 g/mol. The molecule has 7 nitrogen and oxygen atoms in total. The number of hydrogen-bond acceptors (Lipinski definition) is 4. The van der Waals surface area contributed by atoms with Crippen molar-refractivity contribution in [3.8, 4) is 5.69 Å². The normalized spacial score (nSPS) is 10.8. The molecule has 0 aliphatic rings. The molecule has 2 heterocycles. The van der Waals surface area contributed by atoms with Gasteiger partial charge in [0.05, 0.1) is 11.9 Å². The number of halogens is 1. The Labute approximate surface area is 136 Å². The number of hydrogen-bond donors (Lipinski definition) is 1. The van der Waals surface area contributed by atoms with Crippen LogP contribution in [0.1, 0.15) is 12.8 Å². The summed E-state index contributed by atoms with van der Waals surface area (Å²) in [6.45, 7) is 0. The smallest absolute Gasteiger partial charge is 0.273 e. The van der Waals surface area contributed by atoms with Crippen LogP contribution in [0.2, 0.25) is 0 Å². The minimum atomic E-state index is -0.378. The predicted molar refractivity (Wildman–Crippen MR) is 87.4 cm³/mol. The summed E-state index contributed by atoms with van der Waals surface area (Å²) in [6.07, 6.45) is 3.52. The molecule has 3 rings (SSSR count). The SMILES string of the molecule is O=C(CCCCl)Nn1cnc2c(cnn2-c2ccccc2)c1=O. The number of carbonyl (C=O) groups is 1. The van der Waals surface area contributed by atoms with Crippen molar-refractivity contribution >= 4 is 28.5 Å². The summed E-state index contributed by atoms with van der Waals surface area (Å²) in [6, 6.07) is 9.38. The van der Waals surface area contributed by atoms with Crippen molar-refractivity contribution in [1.82, 2.24) is 19.4 Å². The fourth-order valence-corrected chi connectivity index (χ4v) is 2.30. The maximum absolute atomic E-state index is 12.4. The van der Waals surface area contributed by atoms with Crippen LogP contribution in [0.3, 0.4) is 0 Å². The van der Waals surface area contributed by atoms with Crippen LogP contribution in [0.25, 0.3) is 16.7 Å². The van der Waals surface area contributed by atoms with Crippen LogP contribution in [0.15, 0.2) is 47.7 Å². The molecule has 0 atom stereocenters. The Morgan fingerprint density at radius 3 is 2.78 bits per heavy atom. The highest BCUT2D eigenvalue weighted by molar-refractivity contribution is 6.17. The zero-order valence-electron chi connectivity index (χ0n) is 12.1. The van der Waals surface area contributed by atoms with Gasteiger partial charge in [0, 0.05) is 12.3 Å². The van der Waals surface area contributed by atoms with Crippen molar-refractivity contribution in [3.63, 3.8) is 0 Å². The Kier molecular flexibility index (Phi) is 4.38. The van der Waals surface area contributed by atoms with Gasteiger partial charge in [-0.1, -0.05) is 18.2 Å². The van der Waals surface area contributed by atoms with E-state index >= 15 is 0 Å². The second kappa shape index (κ2) is 6.62. The number of alkyl halides is 1. The topological polar surface area (TPSA) is 81.8 Å². The molecule has 23 heavy (non-hydrogen) atoms. The minimum absolute atomic E-state index is 0.247. The third-order valence-corrected chi connectivity index (χ3v) is 3.54. The van der Waals surface area contributed by atoms with Gasteiger partial charge in [0.2, 0.25) is 5.91 Å². The first-order valence-electron chi connectivity index (χ1n) is 7.07. The molecule has 1 amide bonds. The van der Waals surface area contributed by atoms with E-state index in [0.717, 1.165) is 10.4 Å². The number of benzene rings is 1. The maximum atomic E-state index is 12.4. The molecule has 8 heteroatoms. The number of carbonyl (C=O) groups excluding carboxylic acids is 1. The third-order valence-electron chi connectivity index (χ3n) is 3.27. The summed E-state index contributed by atoms with van der Waals surface area (Å²) in [7, 11) is 0. The standard InChI is InChI=1S/C15H14ClN5O2/c16-8-4-7-13(22)19-20-10-17-14-12(15(20)23)9-18-21(14)11-5-2-1-3-6-11/h1-3,5-6,9-10H,4,7-8H2,(H,19,22). The van der Waals surface area contributed by atoms with Gasteiger partial charge >= 0.3 is 0 Å². The van der Waals surface area contributed by atoms with Crippen molar-refractivity contribution in [2.45, 2.75) is 12.8 Å². The molecule has 0 aliphatic carbocycles. The molecule has 0 spiro atoms. The van der Waals surface area contributed by atoms with Crippen LogP contribution in [-0.4, -0.2) is 31.2 Å². The summed E-state index contributed by atoms with van der Waals surface area (Å²) in [4.78, 5) is 28.4. The number of aromatic nitrogens is 4. The molecule has 0 aliphatic heterocycles. The predicted octanol–water partition coefficient (Wildman–Crippen LogP) is 1.67. The van der Waals surface area contributed by atoms with E-state index in [0.29, 0.717) is 23.3 Å². The fraction of sp³-hybridized carbons (Fsp3) is 0.200. The molecule has 3 aromatic rings. The molecule has 0 bridgehead atoms. The Balaban J connectivity index is 1.95. The number of nitrogens with zero attached hydrogens (tertiary/aromatic N) is 4. The van der Waals surface area contributed by atoms with Crippen LogP contribution in [0, 0.1) is 0 Å². The van der Waals surface area contributed by atoms with Gasteiger partial charge in [0.15, 0.2) is 5.65 Å². The van der Waals surface area contributed by atoms with Gasteiger partial charge in [-0.05, 0) is 18.6 Å². The van der Waals surface area contributed by atoms with Gasteiger partial charge in [-0.25, -0.2) is 14.3 Å². The van der Waals surface area contributed by atoms with Gasteiger partial charge in [-0.3, -0.25) is 15.0 Å². The Hall–Kier alpha value is -2.67. The first kappa shape index (κ1) is 15.2. The molecule has 0 fully saturated rings. The lowest BCUT2D eigenvalue weighted by molar-refractivity contribution is -0.117. The number of rotatable bonds is 5. The van der Waals surface area contributed by atoms with Crippen molar-refractivity contribution in [2.24, 2.45) is 0 Å². The summed E-state index contributed by atoms with van der Waals surface area (Å²) >= 11 is 5.55. The lowest BCUT2D eigenvalue weighted by atomic mass is 10.3. The van der Waals surface area contributed by atoms with E-state index < -0.39 is 0 Å². The quantitative estimate of drug-likeness (QED) is 0.721. The highest BCUT2D eigenvalue weighted by Gasteiger charge is 2.12. The Bertz CT molecular complexity index is 888. The summed E-state index contributed by atoms with van der Waals surface area (Å²) < 4.78 is 2.65. The van der Waals surface area contributed by atoms with Gasteiger partial charge in [-0.2, -0.15) is 5.10 Å². The van der Waals surface area contributed by atoms with Crippen LogP contribution < -0.4 is 11.0 Å². The van der Waals surface area contributed by atoms with E-state index in [9.17, 15) is 9.59 Å². The molecule has 118 valence electrons. The molecular formula is C15H14ClN5O2. The van der Waals surface area contributed by atoms with Crippen LogP contribution >= 0.6 is 11.6 Å². The molecule has 2 aromatic heterocycles. The summed E-state index contributed by atoms with van der Waals surface area (Å²) in [5.41, 5.74) is 3.36. The van der Waals surface area contributed by atoms with E-state index in [2.05, 4.69) is 15.5 Å². The molecule has 1 N–H and O–H groups in total. The largest absolute Gasteiger partial charge is 0.283 e. The van der Waals surface area contributed by atoms with Gasteiger partial charge in [0.1, 0.15) is 11.7 Å². The van der Waals surface area contributed by atoms with Gasteiger partial charge in [0.25, 0.3) is 5.56 Å². The van der Waals surface area contributed by atoms with E-state index in [1.54, 1.807) is 4.68 Å². The molecular weight excluding hydrogens is 318 g/mol. The number of para-hydroxylation sites is 1. The minimum Gasteiger partial charge on any atom is -0.273 e. The summed E-state index contributed by atoms with van der Waals surface area (Å²) in [5, 5.41) is 4.53. The fourth-order valence-electron chi connectivity index (χ4n) is 2.17. The van der Waals surface area contributed by atoms with Crippen LogP contribution in [0.4, 0.5) is 0 Å². The van der Waals surface area contributed by atoms with E-state index in [1.165, 1.54) is 12.5 Å². The zero-order chi connectivity index (χ0) is 16.2. The van der Waals surface area contributed by atoms with Crippen molar-refractivity contribution in [2.75, 3.05) is 11.3 Å². The van der Waals surface area contributed by atoms with Crippen molar-refractivity contribution in [1.29, 1.82) is 0 Å². The highest BCUT2D eigenvalue weighted by Crippen LogP contribution is 2.12. The number of fused-ring (bicyclic) bond motifs is 1. The lowest BCUT2D eigenvalue weighted by Crippen LogP contribution is -2.33. The lowest BCUT2D eigenvalue weighted by Gasteiger charge is -2.07. The van der Waals surface area contributed by atoms with Crippen LogP contribution in [0.5, 0.6) is 0 Å². The van der Waals surface area contributed by atoms with Crippen molar-refractivity contribution < 1.29 is 4.79 Å². The van der Waals surface area contributed by atoms with E-state index in [4.69, 9.17) is 11.6 Å². The third kappa shape index (κ3) is 3.09. The first-order chi connectivity index (χ1) is 11.2. The number of nitrogens with one attached hydrogen (secondary N) is 1. The second-order valence-corrected chi connectivity index (χ2v) is 5.25. The zero-order valence-corrected chi connectivity index (χ0v) is 12.9. The van der Waals surface area contributed by atoms with Crippen molar-refractivity contribution in [3.05, 3.63) is 53.2 Å². The van der Waals surface area contributed by atoms with Gasteiger partial charge in [-0.15, -0.1) is 11.6 Å². The highest BCUT2D eigenvalue weighted by atomic mass is 35.5. The van der Waals surface area contributed by atoms with E-state index in [1.807, 2.05) is 30.3 Å². The second-order valence-electron chi connectivity index (χ2n) is 4.88. The molecule has 0 unspecified atom stereocenters. The first-order valence-corrected chi connectivity index (χ1v) is 7.61. The molecule has 0 saturated carbocycles. The molecule has 1 aromatic carbocycles. The monoisotopic (exact) mass is 331 g/mol. The Morgan fingerprint density at radius 1 is 1.26 bits per heavy atom. The average Bonchev–Trinajstić information content (AvgIpc) is 3.01. The molecule has 0 saturated heterocycles. The molecule has 0 radical (unpaired) electrons. The summed E-state index contributed by atoms with van der Waals surface area (Å²) in [5.74, 6) is 0.105. The maximum Gasteiger partial charge on any atom is 0.283 e. The number of amides is 1. The van der Waals surface area contributed by atoms with E-state index in [-0.39, 0.29) is 17.9 Å². The van der Waals surface area contributed by atoms with Gasteiger partial charge < -0.3 is 0 Å². The Morgan fingerprint density at radius 2 is 2.04 bits per heavy atom.